The summed E-state index contributed by atoms with van der Waals surface area (Å²) < 4.78 is 12.8. The molecule has 60 valence electrons. The minimum atomic E-state index is -0.424. The Hall–Kier alpha value is -1.25. The monoisotopic (exact) mass is 155 g/mol. The first kappa shape index (κ1) is 7.85. The van der Waals surface area contributed by atoms with Gasteiger partial charge in [-0.15, -0.1) is 0 Å². The van der Waals surface area contributed by atoms with E-state index >= 15 is 0 Å². The van der Waals surface area contributed by atoms with E-state index in [0.717, 1.165) is 6.07 Å². The van der Waals surface area contributed by atoms with Crippen molar-refractivity contribution in [2.24, 2.45) is 0 Å². The van der Waals surface area contributed by atoms with Crippen LogP contribution in [0.15, 0.2) is 18.2 Å². The average molecular weight is 155 g/mol. The quantitative estimate of drug-likeness (QED) is 0.640. The Kier molecular flexibility index (Phi) is 2.31. The summed E-state index contributed by atoms with van der Waals surface area (Å²) >= 11 is 0. The van der Waals surface area contributed by atoms with Crippen molar-refractivity contribution in [2.75, 3.05) is 11.9 Å². The Morgan fingerprint density at radius 3 is 2.82 bits per heavy atom. The molecule has 3 heteroatoms. The first-order valence-electron chi connectivity index (χ1n) is 3.46. The number of hydrogen-bond donors (Lipinski definition) is 2. The normalized spacial score (nSPS) is 9.64. The zero-order valence-electron chi connectivity index (χ0n) is 6.26. The van der Waals surface area contributed by atoms with Gasteiger partial charge in [0.1, 0.15) is 11.6 Å². The van der Waals surface area contributed by atoms with Crippen molar-refractivity contribution in [3.05, 3.63) is 24.0 Å². The fourth-order valence-corrected chi connectivity index (χ4v) is 0.838. The van der Waals surface area contributed by atoms with Gasteiger partial charge in [0.2, 0.25) is 0 Å². The van der Waals surface area contributed by atoms with Gasteiger partial charge in [0.15, 0.2) is 0 Å². The van der Waals surface area contributed by atoms with Crippen LogP contribution in [0.5, 0.6) is 5.75 Å². The van der Waals surface area contributed by atoms with Crippen molar-refractivity contribution in [1.82, 2.24) is 0 Å². The molecule has 0 aliphatic rings. The molecule has 0 unspecified atom stereocenters. The SMILES string of the molecule is CCNc1ccc(O)cc1F. The maximum absolute atomic E-state index is 12.8. The van der Waals surface area contributed by atoms with Gasteiger partial charge >= 0.3 is 0 Å². The molecule has 0 atom stereocenters. The average Bonchev–Trinajstić information content (AvgIpc) is 1.95. The molecule has 0 aliphatic heterocycles. The first-order valence-corrected chi connectivity index (χ1v) is 3.46. The van der Waals surface area contributed by atoms with E-state index < -0.39 is 5.82 Å². The molecule has 0 aliphatic carbocycles. The number of aromatic hydroxyl groups is 1. The van der Waals surface area contributed by atoms with E-state index in [9.17, 15) is 4.39 Å². The summed E-state index contributed by atoms with van der Waals surface area (Å²) in [5.41, 5.74) is 0.422. The highest BCUT2D eigenvalue weighted by Crippen LogP contribution is 2.18. The summed E-state index contributed by atoms with van der Waals surface area (Å²) in [5.74, 6) is -0.476. The fraction of sp³-hybridized carbons (Fsp3) is 0.250. The second kappa shape index (κ2) is 3.23. The minimum Gasteiger partial charge on any atom is -0.508 e. The zero-order chi connectivity index (χ0) is 8.27. The van der Waals surface area contributed by atoms with Gasteiger partial charge in [-0.3, -0.25) is 0 Å². The molecular formula is C8H10FNO. The van der Waals surface area contributed by atoms with Crippen LogP contribution in [0.4, 0.5) is 10.1 Å². The molecule has 0 aromatic heterocycles. The Morgan fingerprint density at radius 1 is 1.55 bits per heavy atom. The van der Waals surface area contributed by atoms with Gasteiger partial charge in [-0.25, -0.2) is 4.39 Å². The second-order valence-electron chi connectivity index (χ2n) is 2.19. The number of anilines is 1. The smallest absolute Gasteiger partial charge is 0.149 e. The van der Waals surface area contributed by atoms with Gasteiger partial charge in [0.05, 0.1) is 5.69 Å². The van der Waals surface area contributed by atoms with E-state index in [4.69, 9.17) is 5.11 Å². The van der Waals surface area contributed by atoms with Gasteiger partial charge in [-0.2, -0.15) is 0 Å². The van der Waals surface area contributed by atoms with E-state index in [1.165, 1.54) is 12.1 Å². The first-order chi connectivity index (χ1) is 5.24. The van der Waals surface area contributed by atoms with Crippen molar-refractivity contribution >= 4 is 5.69 Å². The summed E-state index contributed by atoms with van der Waals surface area (Å²) in [6.45, 7) is 2.55. The maximum atomic E-state index is 12.8. The van der Waals surface area contributed by atoms with E-state index in [1.54, 1.807) is 0 Å². The second-order valence-corrected chi connectivity index (χ2v) is 2.19. The van der Waals surface area contributed by atoms with Crippen molar-refractivity contribution < 1.29 is 9.50 Å². The fourth-order valence-electron chi connectivity index (χ4n) is 0.838. The van der Waals surface area contributed by atoms with Gasteiger partial charge in [0, 0.05) is 12.6 Å². The minimum absolute atomic E-state index is 0.0517. The third kappa shape index (κ3) is 1.83. The largest absolute Gasteiger partial charge is 0.508 e. The highest BCUT2D eigenvalue weighted by molar-refractivity contribution is 5.47. The Morgan fingerprint density at radius 2 is 2.27 bits per heavy atom. The van der Waals surface area contributed by atoms with Crippen LogP contribution in [0.3, 0.4) is 0 Å². The lowest BCUT2D eigenvalue weighted by atomic mass is 10.3. The third-order valence-corrected chi connectivity index (χ3v) is 1.32. The molecule has 1 aromatic rings. The number of rotatable bonds is 2. The highest BCUT2D eigenvalue weighted by atomic mass is 19.1. The van der Waals surface area contributed by atoms with Crippen LogP contribution < -0.4 is 5.32 Å². The summed E-state index contributed by atoms with van der Waals surface area (Å²) in [7, 11) is 0. The third-order valence-electron chi connectivity index (χ3n) is 1.32. The topological polar surface area (TPSA) is 32.3 Å². The van der Waals surface area contributed by atoms with Gasteiger partial charge < -0.3 is 10.4 Å². The molecule has 2 N–H and O–H groups in total. The molecule has 0 amide bonds. The molecule has 0 spiro atoms. The van der Waals surface area contributed by atoms with Gasteiger partial charge in [-0.1, -0.05) is 0 Å². The summed E-state index contributed by atoms with van der Waals surface area (Å²) in [6, 6.07) is 4.03. The zero-order valence-corrected chi connectivity index (χ0v) is 6.26. The Labute approximate surface area is 64.7 Å². The van der Waals surface area contributed by atoms with Crippen molar-refractivity contribution in [1.29, 1.82) is 0 Å². The number of benzene rings is 1. The molecule has 0 saturated heterocycles. The molecular weight excluding hydrogens is 145 g/mol. The van der Waals surface area contributed by atoms with Gasteiger partial charge in [0.25, 0.3) is 0 Å². The Balaban J connectivity index is 2.90. The lowest BCUT2D eigenvalue weighted by Gasteiger charge is -2.03. The highest BCUT2D eigenvalue weighted by Gasteiger charge is 1.99. The molecule has 2 nitrogen and oxygen atoms in total. The maximum Gasteiger partial charge on any atom is 0.149 e. The lowest BCUT2D eigenvalue weighted by Crippen LogP contribution is -1.98. The Bertz CT molecular complexity index is 250. The van der Waals surface area contributed by atoms with Crippen LogP contribution in [-0.4, -0.2) is 11.7 Å². The summed E-state index contributed by atoms with van der Waals surface area (Å²) in [4.78, 5) is 0. The van der Waals surface area contributed by atoms with E-state index in [1.807, 2.05) is 6.92 Å². The lowest BCUT2D eigenvalue weighted by molar-refractivity contribution is 0.469. The number of halogens is 1. The van der Waals surface area contributed by atoms with Crippen molar-refractivity contribution in [3.8, 4) is 5.75 Å². The summed E-state index contributed by atoms with van der Waals surface area (Å²) in [6.07, 6.45) is 0. The molecule has 1 rings (SSSR count). The van der Waals surface area contributed by atoms with Crippen LogP contribution in [0.2, 0.25) is 0 Å². The van der Waals surface area contributed by atoms with E-state index in [2.05, 4.69) is 5.32 Å². The molecule has 11 heavy (non-hydrogen) atoms. The van der Waals surface area contributed by atoms with Crippen LogP contribution in [0.1, 0.15) is 6.92 Å². The molecule has 0 radical (unpaired) electrons. The molecule has 1 aromatic carbocycles. The van der Waals surface area contributed by atoms with Crippen molar-refractivity contribution in [3.63, 3.8) is 0 Å². The molecule has 0 heterocycles. The standard InChI is InChI=1S/C8H10FNO/c1-2-10-8-4-3-6(11)5-7(8)9/h3-5,10-11H,2H2,1H3. The summed E-state index contributed by atoms with van der Waals surface area (Å²) in [5, 5.41) is 11.7. The number of nitrogens with one attached hydrogen (secondary N) is 1. The molecule has 0 saturated carbocycles. The predicted octanol–water partition coefficient (Wildman–Crippen LogP) is 1.96. The van der Waals surface area contributed by atoms with Crippen LogP contribution in [0.25, 0.3) is 0 Å². The number of phenols is 1. The molecule has 0 bridgehead atoms. The van der Waals surface area contributed by atoms with Crippen LogP contribution in [0, 0.1) is 5.82 Å². The van der Waals surface area contributed by atoms with Crippen molar-refractivity contribution in [2.45, 2.75) is 6.92 Å². The van der Waals surface area contributed by atoms with Crippen LogP contribution >= 0.6 is 0 Å². The number of hydrogen-bond acceptors (Lipinski definition) is 2. The van der Waals surface area contributed by atoms with E-state index in [-0.39, 0.29) is 5.75 Å². The molecule has 0 fully saturated rings. The van der Waals surface area contributed by atoms with E-state index in [0.29, 0.717) is 12.2 Å². The predicted molar refractivity (Wildman–Crippen MR) is 42.2 cm³/mol. The van der Waals surface area contributed by atoms with Crippen LogP contribution in [-0.2, 0) is 0 Å². The van der Waals surface area contributed by atoms with Gasteiger partial charge in [-0.05, 0) is 19.1 Å². The number of phenolic OH excluding ortho intramolecular Hbond substituents is 1.